The number of nitrogens with zero attached hydrogens (tertiary/aromatic N) is 1. The summed E-state index contributed by atoms with van der Waals surface area (Å²) in [4.78, 5) is 37.2. The lowest BCUT2D eigenvalue weighted by atomic mass is 10.1. The number of carbonyl (C=O) groups is 3. The van der Waals surface area contributed by atoms with Gasteiger partial charge in [0.15, 0.2) is 11.6 Å². The van der Waals surface area contributed by atoms with E-state index in [0.29, 0.717) is 6.42 Å². The summed E-state index contributed by atoms with van der Waals surface area (Å²) in [6.07, 6.45) is 0.365. The van der Waals surface area contributed by atoms with Crippen LogP contribution in [-0.2, 0) is 14.4 Å². The third-order valence-corrected chi connectivity index (χ3v) is 3.99. The summed E-state index contributed by atoms with van der Waals surface area (Å²) >= 11 is 5.54. The molecule has 25 heavy (non-hydrogen) atoms. The first-order valence-electron chi connectivity index (χ1n) is 7.74. The molecule has 6 nitrogen and oxygen atoms in total. The molecule has 1 aliphatic rings. The summed E-state index contributed by atoms with van der Waals surface area (Å²) in [5.41, 5.74) is 0.0243. The zero-order valence-corrected chi connectivity index (χ0v) is 14.5. The van der Waals surface area contributed by atoms with Gasteiger partial charge in [0.1, 0.15) is 0 Å². The number of rotatable bonds is 3. The van der Waals surface area contributed by atoms with Gasteiger partial charge in [-0.3, -0.25) is 14.4 Å². The lowest BCUT2D eigenvalue weighted by molar-refractivity contribution is -0.145. The first kappa shape index (κ1) is 19.1. The minimum atomic E-state index is -1.19. The molecule has 1 heterocycles. The van der Waals surface area contributed by atoms with Crippen molar-refractivity contribution in [1.82, 2.24) is 10.2 Å². The van der Waals surface area contributed by atoms with Crippen LogP contribution in [0.15, 0.2) is 12.1 Å². The molecular formula is C16H18ClF2N3O3. The van der Waals surface area contributed by atoms with Crippen molar-refractivity contribution in [2.24, 2.45) is 5.92 Å². The molecule has 3 amide bonds. The summed E-state index contributed by atoms with van der Waals surface area (Å²) in [5, 5.41) is 4.50. The van der Waals surface area contributed by atoms with Gasteiger partial charge in [-0.05, 0) is 26.3 Å². The molecule has 1 fully saturated rings. The van der Waals surface area contributed by atoms with Gasteiger partial charge in [-0.25, -0.2) is 8.78 Å². The van der Waals surface area contributed by atoms with Crippen LogP contribution in [-0.4, -0.2) is 41.8 Å². The van der Waals surface area contributed by atoms with Crippen LogP contribution in [0.25, 0.3) is 0 Å². The maximum atomic E-state index is 13.3. The number of benzene rings is 1. The van der Waals surface area contributed by atoms with Crippen LogP contribution in [0.2, 0.25) is 5.02 Å². The lowest BCUT2D eigenvalue weighted by Gasteiger charge is -2.17. The van der Waals surface area contributed by atoms with E-state index in [2.05, 4.69) is 10.6 Å². The van der Waals surface area contributed by atoms with Gasteiger partial charge >= 0.3 is 11.8 Å². The highest BCUT2D eigenvalue weighted by molar-refractivity contribution is 6.35. The maximum absolute atomic E-state index is 13.3. The Balaban J connectivity index is 1.96. The van der Waals surface area contributed by atoms with Crippen LogP contribution in [0.1, 0.15) is 20.3 Å². The van der Waals surface area contributed by atoms with Gasteiger partial charge in [0.25, 0.3) is 0 Å². The molecule has 2 N–H and O–H groups in total. The topological polar surface area (TPSA) is 78.5 Å². The Labute approximate surface area is 148 Å². The minimum Gasteiger partial charge on any atom is -0.346 e. The second-order valence-corrected chi connectivity index (χ2v) is 6.52. The SMILES string of the molecule is CC(C)NC(=O)C(=O)N1CCC(C(=O)Nc2cc(F)c(F)c(Cl)c2)C1. The third-order valence-electron chi connectivity index (χ3n) is 3.71. The normalized spacial score (nSPS) is 16.9. The van der Waals surface area contributed by atoms with Gasteiger partial charge in [0.05, 0.1) is 10.9 Å². The van der Waals surface area contributed by atoms with Crippen molar-refractivity contribution in [3.05, 3.63) is 28.8 Å². The van der Waals surface area contributed by atoms with Gasteiger partial charge in [-0.15, -0.1) is 0 Å². The van der Waals surface area contributed by atoms with Crippen LogP contribution in [0.4, 0.5) is 14.5 Å². The molecule has 1 saturated heterocycles. The molecule has 1 aromatic carbocycles. The molecule has 0 spiro atoms. The molecule has 1 aromatic rings. The maximum Gasteiger partial charge on any atom is 0.311 e. The van der Waals surface area contributed by atoms with Crippen LogP contribution >= 0.6 is 11.6 Å². The standard InChI is InChI=1S/C16H18ClF2N3O3/c1-8(2)20-15(24)16(25)22-4-3-9(7-22)14(23)21-10-5-11(17)13(19)12(18)6-10/h5-6,8-9H,3-4,7H2,1-2H3,(H,20,24)(H,21,23). The van der Waals surface area contributed by atoms with E-state index in [1.807, 2.05) is 0 Å². The predicted molar refractivity (Wildman–Crippen MR) is 88.0 cm³/mol. The molecule has 0 radical (unpaired) electrons. The number of amides is 3. The molecule has 1 aliphatic heterocycles. The van der Waals surface area contributed by atoms with Crippen molar-refractivity contribution >= 4 is 35.0 Å². The average molecular weight is 374 g/mol. The van der Waals surface area contributed by atoms with Crippen LogP contribution in [0, 0.1) is 17.6 Å². The van der Waals surface area contributed by atoms with E-state index in [1.165, 1.54) is 4.90 Å². The highest BCUT2D eigenvalue weighted by atomic mass is 35.5. The molecule has 0 saturated carbocycles. The Hall–Kier alpha value is -2.22. The van der Waals surface area contributed by atoms with Crippen LogP contribution < -0.4 is 10.6 Å². The molecule has 1 atom stereocenters. The number of hydrogen-bond donors (Lipinski definition) is 2. The summed E-state index contributed by atoms with van der Waals surface area (Å²) in [6, 6.07) is 1.76. The first-order valence-corrected chi connectivity index (χ1v) is 8.12. The number of anilines is 1. The van der Waals surface area contributed by atoms with E-state index < -0.39 is 40.3 Å². The van der Waals surface area contributed by atoms with Crippen molar-refractivity contribution in [1.29, 1.82) is 0 Å². The van der Waals surface area contributed by atoms with Gasteiger partial charge in [0, 0.05) is 30.9 Å². The fourth-order valence-corrected chi connectivity index (χ4v) is 2.71. The Bertz CT molecular complexity index is 689. The molecular weight excluding hydrogens is 356 g/mol. The van der Waals surface area contributed by atoms with E-state index in [4.69, 9.17) is 11.6 Å². The van der Waals surface area contributed by atoms with E-state index in [0.717, 1.165) is 12.1 Å². The zero-order valence-electron chi connectivity index (χ0n) is 13.7. The van der Waals surface area contributed by atoms with Gasteiger partial charge in [-0.2, -0.15) is 0 Å². The van der Waals surface area contributed by atoms with Crippen molar-refractivity contribution in [2.45, 2.75) is 26.3 Å². The molecule has 0 bridgehead atoms. The summed E-state index contributed by atoms with van der Waals surface area (Å²) in [5.74, 6) is -4.78. The van der Waals surface area contributed by atoms with Crippen LogP contribution in [0.5, 0.6) is 0 Å². The molecule has 0 aromatic heterocycles. The number of halogens is 3. The monoisotopic (exact) mass is 373 g/mol. The second kappa shape index (κ2) is 7.77. The van der Waals surface area contributed by atoms with Crippen molar-refractivity contribution < 1.29 is 23.2 Å². The van der Waals surface area contributed by atoms with Gasteiger partial charge < -0.3 is 15.5 Å². The van der Waals surface area contributed by atoms with E-state index in [1.54, 1.807) is 13.8 Å². The highest BCUT2D eigenvalue weighted by Crippen LogP contribution is 2.24. The molecule has 0 aliphatic carbocycles. The van der Waals surface area contributed by atoms with Gasteiger partial charge in [-0.1, -0.05) is 11.6 Å². The van der Waals surface area contributed by atoms with Crippen LogP contribution in [0.3, 0.4) is 0 Å². The van der Waals surface area contributed by atoms with Crippen molar-refractivity contribution in [3.63, 3.8) is 0 Å². The number of nitrogens with one attached hydrogen (secondary N) is 2. The van der Waals surface area contributed by atoms with E-state index in [-0.39, 0.29) is 24.8 Å². The van der Waals surface area contributed by atoms with Crippen molar-refractivity contribution in [2.75, 3.05) is 18.4 Å². The average Bonchev–Trinajstić information content (AvgIpc) is 3.01. The lowest BCUT2D eigenvalue weighted by Crippen LogP contribution is -2.44. The fourth-order valence-electron chi connectivity index (χ4n) is 2.50. The number of hydrogen-bond acceptors (Lipinski definition) is 3. The van der Waals surface area contributed by atoms with E-state index >= 15 is 0 Å². The second-order valence-electron chi connectivity index (χ2n) is 6.11. The largest absolute Gasteiger partial charge is 0.346 e. The zero-order chi connectivity index (χ0) is 18.7. The van der Waals surface area contributed by atoms with Gasteiger partial charge in [0.2, 0.25) is 5.91 Å². The molecule has 2 rings (SSSR count). The number of carbonyl (C=O) groups excluding carboxylic acids is 3. The fraction of sp³-hybridized carbons (Fsp3) is 0.438. The minimum absolute atomic E-state index is 0.0243. The smallest absolute Gasteiger partial charge is 0.311 e. The third kappa shape index (κ3) is 4.66. The number of likely N-dealkylation sites (tertiary alicyclic amines) is 1. The Morgan fingerprint density at radius 1 is 1.28 bits per heavy atom. The summed E-state index contributed by atoms with van der Waals surface area (Å²) in [7, 11) is 0. The van der Waals surface area contributed by atoms with E-state index in [9.17, 15) is 23.2 Å². The first-order chi connectivity index (χ1) is 11.7. The Kier molecular flexibility index (Phi) is 5.94. The molecule has 1 unspecified atom stereocenters. The highest BCUT2D eigenvalue weighted by Gasteiger charge is 2.34. The Morgan fingerprint density at radius 3 is 2.56 bits per heavy atom. The summed E-state index contributed by atoms with van der Waals surface area (Å²) in [6.45, 7) is 3.81. The summed E-state index contributed by atoms with van der Waals surface area (Å²) < 4.78 is 26.5. The predicted octanol–water partition coefficient (Wildman–Crippen LogP) is 1.93. The molecule has 9 heteroatoms. The molecule has 136 valence electrons. The Morgan fingerprint density at radius 2 is 1.96 bits per heavy atom. The van der Waals surface area contributed by atoms with Crippen molar-refractivity contribution in [3.8, 4) is 0 Å². The quantitative estimate of drug-likeness (QED) is 0.627.